The molecule has 2 unspecified atom stereocenters. The minimum atomic E-state index is -0.120. The monoisotopic (exact) mass is 232 g/mol. The summed E-state index contributed by atoms with van der Waals surface area (Å²) in [7, 11) is 1.67. The molecule has 0 fully saturated rings. The van der Waals surface area contributed by atoms with Gasteiger partial charge < -0.3 is 14.2 Å². The lowest BCUT2D eigenvalue weighted by atomic mass is 10.0. The summed E-state index contributed by atoms with van der Waals surface area (Å²) >= 11 is 0. The van der Waals surface area contributed by atoms with Crippen molar-refractivity contribution in [2.45, 2.75) is 52.7 Å². The second-order valence-corrected chi connectivity index (χ2v) is 4.18. The van der Waals surface area contributed by atoms with Gasteiger partial charge in [-0.3, -0.25) is 0 Å². The van der Waals surface area contributed by atoms with Gasteiger partial charge in [0.25, 0.3) is 0 Å². The standard InChI is InChI=1S/C13H28O3/c1-5-7-8-13(6-2)11-16-12(3)15-10-9-14-4/h12-13H,5-11H2,1-4H3. The second-order valence-electron chi connectivity index (χ2n) is 4.18. The van der Waals surface area contributed by atoms with Gasteiger partial charge in [0.1, 0.15) is 0 Å². The van der Waals surface area contributed by atoms with E-state index in [0.717, 1.165) is 6.61 Å². The van der Waals surface area contributed by atoms with Gasteiger partial charge in [0, 0.05) is 7.11 Å². The maximum atomic E-state index is 5.66. The fourth-order valence-electron chi connectivity index (χ4n) is 1.52. The van der Waals surface area contributed by atoms with Crippen LogP contribution in [0.1, 0.15) is 46.5 Å². The molecule has 0 heterocycles. The van der Waals surface area contributed by atoms with Gasteiger partial charge in [-0.2, -0.15) is 0 Å². The van der Waals surface area contributed by atoms with Crippen molar-refractivity contribution in [3.8, 4) is 0 Å². The molecule has 0 aliphatic rings. The van der Waals surface area contributed by atoms with Crippen molar-refractivity contribution in [1.29, 1.82) is 0 Å². The Hall–Kier alpha value is -0.120. The fourth-order valence-corrected chi connectivity index (χ4v) is 1.52. The summed E-state index contributed by atoms with van der Waals surface area (Å²) in [6.07, 6.45) is 4.88. The van der Waals surface area contributed by atoms with E-state index in [2.05, 4.69) is 13.8 Å². The van der Waals surface area contributed by atoms with E-state index in [-0.39, 0.29) is 6.29 Å². The van der Waals surface area contributed by atoms with E-state index in [1.807, 2.05) is 6.92 Å². The summed E-state index contributed by atoms with van der Waals surface area (Å²) in [5.74, 6) is 0.674. The Morgan fingerprint density at radius 3 is 2.38 bits per heavy atom. The summed E-state index contributed by atoms with van der Waals surface area (Å²) in [5.41, 5.74) is 0. The van der Waals surface area contributed by atoms with E-state index in [1.165, 1.54) is 25.7 Å². The van der Waals surface area contributed by atoms with Crippen LogP contribution in [0, 0.1) is 5.92 Å². The molecule has 0 bridgehead atoms. The third-order valence-electron chi connectivity index (χ3n) is 2.75. The summed E-state index contributed by atoms with van der Waals surface area (Å²) in [6, 6.07) is 0. The molecule has 0 radical (unpaired) electrons. The molecule has 16 heavy (non-hydrogen) atoms. The molecule has 98 valence electrons. The quantitative estimate of drug-likeness (QED) is 0.404. The molecule has 0 N–H and O–H groups in total. The second kappa shape index (κ2) is 11.4. The maximum Gasteiger partial charge on any atom is 0.154 e. The predicted octanol–water partition coefficient (Wildman–Crippen LogP) is 3.23. The minimum Gasteiger partial charge on any atom is -0.382 e. The number of methoxy groups -OCH3 is 1. The average Bonchev–Trinajstić information content (AvgIpc) is 2.30. The van der Waals surface area contributed by atoms with Gasteiger partial charge in [0.15, 0.2) is 6.29 Å². The SMILES string of the molecule is CCCCC(CC)COC(C)OCCOC. The normalized spacial score (nSPS) is 15.0. The van der Waals surface area contributed by atoms with Crippen LogP contribution >= 0.6 is 0 Å². The van der Waals surface area contributed by atoms with Crippen LogP contribution < -0.4 is 0 Å². The summed E-state index contributed by atoms with van der Waals surface area (Å²) in [5, 5.41) is 0. The molecule has 0 aliphatic heterocycles. The molecule has 3 nitrogen and oxygen atoms in total. The molecule has 0 amide bonds. The molecule has 0 saturated carbocycles. The summed E-state index contributed by atoms with van der Waals surface area (Å²) < 4.78 is 16.0. The van der Waals surface area contributed by atoms with Gasteiger partial charge in [-0.05, 0) is 19.3 Å². The van der Waals surface area contributed by atoms with Crippen LogP contribution in [0.4, 0.5) is 0 Å². The zero-order valence-corrected chi connectivity index (χ0v) is 11.3. The molecule has 2 atom stereocenters. The van der Waals surface area contributed by atoms with Crippen LogP contribution in [0.2, 0.25) is 0 Å². The molecule has 0 aromatic rings. The van der Waals surface area contributed by atoms with Gasteiger partial charge in [0.05, 0.1) is 19.8 Å². The third-order valence-corrected chi connectivity index (χ3v) is 2.75. The Labute approximate surface area is 100 Å². The molecule has 0 rings (SSSR count). The summed E-state index contributed by atoms with van der Waals surface area (Å²) in [4.78, 5) is 0. The van der Waals surface area contributed by atoms with Crippen LogP contribution in [0.5, 0.6) is 0 Å². The molecule has 0 spiro atoms. The van der Waals surface area contributed by atoms with Crippen molar-refractivity contribution in [3.63, 3.8) is 0 Å². The topological polar surface area (TPSA) is 27.7 Å². The third kappa shape index (κ3) is 9.13. The van der Waals surface area contributed by atoms with Crippen molar-refractivity contribution in [2.75, 3.05) is 26.9 Å². The Morgan fingerprint density at radius 2 is 1.81 bits per heavy atom. The number of ether oxygens (including phenoxy) is 3. The van der Waals surface area contributed by atoms with E-state index < -0.39 is 0 Å². The highest BCUT2D eigenvalue weighted by Gasteiger charge is 2.09. The van der Waals surface area contributed by atoms with Crippen molar-refractivity contribution < 1.29 is 14.2 Å². The van der Waals surface area contributed by atoms with Crippen molar-refractivity contribution in [1.82, 2.24) is 0 Å². The molecule has 0 aliphatic carbocycles. The molecular formula is C13H28O3. The molecule has 0 aromatic heterocycles. The van der Waals surface area contributed by atoms with Gasteiger partial charge in [-0.1, -0.05) is 33.1 Å². The van der Waals surface area contributed by atoms with Crippen molar-refractivity contribution in [3.05, 3.63) is 0 Å². The van der Waals surface area contributed by atoms with Gasteiger partial charge >= 0.3 is 0 Å². The molecule has 3 heteroatoms. The number of unbranched alkanes of at least 4 members (excludes halogenated alkanes) is 1. The van der Waals surface area contributed by atoms with E-state index >= 15 is 0 Å². The fraction of sp³-hybridized carbons (Fsp3) is 1.00. The number of rotatable bonds is 11. The van der Waals surface area contributed by atoms with Crippen LogP contribution in [-0.2, 0) is 14.2 Å². The number of hydrogen-bond acceptors (Lipinski definition) is 3. The highest BCUT2D eigenvalue weighted by Crippen LogP contribution is 2.13. The van der Waals surface area contributed by atoms with Crippen molar-refractivity contribution in [2.24, 2.45) is 5.92 Å². The lowest BCUT2D eigenvalue weighted by Gasteiger charge is -2.19. The summed E-state index contributed by atoms with van der Waals surface area (Å²) in [6.45, 7) is 8.43. The highest BCUT2D eigenvalue weighted by atomic mass is 16.7. The van der Waals surface area contributed by atoms with Crippen LogP contribution in [0.15, 0.2) is 0 Å². The first kappa shape index (κ1) is 15.9. The largest absolute Gasteiger partial charge is 0.382 e. The van der Waals surface area contributed by atoms with E-state index in [1.54, 1.807) is 7.11 Å². The predicted molar refractivity (Wildman–Crippen MR) is 66.5 cm³/mol. The van der Waals surface area contributed by atoms with E-state index in [9.17, 15) is 0 Å². The lowest BCUT2D eigenvalue weighted by molar-refractivity contribution is -0.145. The first-order valence-corrected chi connectivity index (χ1v) is 6.46. The van der Waals surface area contributed by atoms with Crippen LogP contribution in [0.3, 0.4) is 0 Å². The first-order valence-electron chi connectivity index (χ1n) is 6.46. The Kier molecular flexibility index (Phi) is 11.3. The van der Waals surface area contributed by atoms with Gasteiger partial charge in [-0.25, -0.2) is 0 Å². The highest BCUT2D eigenvalue weighted by molar-refractivity contribution is 4.56. The zero-order chi connectivity index (χ0) is 12.2. The van der Waals surface area contributed by atoms with Gasteiger partial charge in [0.2, 0.25) is 0 Å². The smallest absolute Gasteiger partial charge is 0.154 e. The zero-order valence-electron chi connectivity index (χ0n) is 11.3. The molecular weight excluding hydrogens is 204 g/mol. The average molecular weight is 232 g/mol. The van der Waals surface area contributed by atoms with E-state index in [4.69, 9.17) is 14.2 Å². The van der Waals surface area contributed by atoms with Crippen molar-refractivity contribution >= 4 is 0 Å². The lowest BCUT2D eigenvalue weighted by Crippen LogP contribution is -2.20. The number of hydrogen-bond donors (Lipinski definition) is 0. The Morgan fingerprint density at radius 1 is 1.06 bits per heavy atom. The van der Waals surface area contributed by atoms with E-state index in [0.29, 0.717) is 19.1 Å². The van der Waals surface area contributed by atoms with Crippen LogP contribution in [-0.4, -0.2) is 33.2 Å². The maximum absolute atomic E-state index is 5.66. The molecule has 0 saturated heterocycles. The Bertz CT molecular complexity index is 139. The minimum absolute atomic E-state index is 0.120. The molecule has 0 aromatic carbocycles. The Balaban J connectivity index is 3.50. The first-order chi connectivity index (χ1) is 7.74. The van der Waals surface area contributed by atoms with Gasteiger partial charge in [-0.15, -0.1) is 0 Å². The van der Waals surface area contributed by atoms with Crippen LogP contribution in [0.25, 0.3) is 0 Å².